The summed E-state index contributed by atoms with van der Waals surface area (Å²) in [5.74, 6) is 0.548. The van der Waals surface area contributed by atoms with E-state index in [4.69, 9.17) is 9.47 Å². The molecule has 0 fully saturated rings. The molecule has 1 aliphatic rings. The van der Waals surface area contributed by atoms with Gasteiger partial charge in [-0.25, -0.2) is 4.39 Å². The Labute approximate surface area is 155 Å². The summed E-state index contributed by atoms with van der Waals surface area (Å²) in [5.41, 5.74) is 3.38. The number of halogens is 1. The summed E-state index contributed by atoms with van der Waals surface area (Å²) < 4.78 is 24.1. The first-order valence-electron chi connectivity index (χ1n) is 8.46. The molecule has 1 aliphatic heterocycles. The lowest BCUT2D eigenvalue weighted by Gasteiger charge is -2.24. The van der Waals surface area contributed by atoms with Crippen LogP contribution in [0.2, 0.25) is 0 Å². The van der Waals surface area contributed by atoms with Crippen LogP contribution in [0.1, 0.15) is 23.5 Å². The van der Waals surface area contributed by atoms with Gasteiger partial charge in [0, 0.05) is 23.5 Å². The van der Waals surface area contributed by atoms with Gasteiger partial charge in [0.1, 0.15) is 5.75 Å². The number of amides is 1. The lowest BCUT2D eigenvalue weighted by molar-refractivity contribution is -0.116. The molecular weight excluding hydrogens is 349 g/mol. The minimum absolute atomic E-state index is 0.136. The van der Waals surface area contributed by atoms with Gasteiger partial charge in [-0.1, -0.05) is 6.07 Å². The van der Waals surface area contributed by atoms with Gasteiger partial charge in [-0.05, 0) is 42.0 Å². The Bertz CT molecular complexity index is 998. The fraction of sp³-hybridized carbons (Fsp3) is 0.200. The number of ether oxygens (including phenoxy) is 2. The van der Waals surface area contributed by atoms with E-state index in [1.54, 1.807) is 19.2 Å². The molecule has 1 aromatic heterocycles. The van der Waals surface area contributed by atoms with Crippen molar-refractivity contribution >= 4 is 11.7 Å². The normalized spacial score (nSPS) is 15.8. The molecule has 0 saturated carbocycles. The number of rotatable bonds is 4. The lowest BCUT2D eigenvalue weighted by Crippen LogP contribution is -2.23. The molecule has 0 radical (unpaired) electrons. The summed E-state index contributed by atoms with van der Waals surface area (Å²) in [6, 6.07) is 12.2. The number of nitrogens with one attached hydrogen (secondary N) is 2. The molecule has 138 valence electrons. The molecule has 0 spiro atoms. The van der Waals surface area contributed by atoms with Gasteiger partial charge in [0.15, 0.2) is 17.4 Å². The monoisotopic (exact) mass is 367 g/mol. The fourth-order valence-corrected chi connectivity index (χ4v) is 3.41. The molecule has 0 aliphatic carbocycles. The SMILES string of the molecule is COc1ccc(-c2[nH]nc3c2C(c2ccc(F)c(OC)c2)CC(=O)N3)cc1. The highest BCUT2D eigenvalue weighted by molar-refractivity contribution is 5.96. The Balaban J connectivity index is 1.82. The topological polar surface area (TPSA) is 76.2 Å². The molecular formula is C20H18FN3O3. The third-order valence-corrected chi connectivity index (χ3v) is 4.76. The highest BCUT2D eigenvalue weighted by Gasteiger charge is 2.32. The van der Waals surface area contributed by atoms with Crippen LogP contribution in [0.5, 0.6) is 11.5 Å². The number of carbonyl (C=O) groups is 1. The van der Waals surface area contributed by atoms with Crippen molar-refractivity contribution in [3.63, 3.8) is 0 Å². The maximum Gasteiger partial charge on any atom is 0.226 e. The number of hydrogen-bond donors (Lipinski definition) is 2. The summed E-state index contributed by atoms with van der Waals surface area (Å²) in [6.45, 7) is 0. The fourth-order valence-electron chi connectivity index (χ4n) is 3.41. The average molecular weight is 367 g/mol. The molecule has 2 N–H and O–H groups in total. The maximum absolute atomic E-state index is 13.8. The molecule has 2 aromatic carbocycles. The van der Waals surface area contributed by atoms with E-state index in [9.17, 15) is 9.18 Å². The standard InChI is InChI=1S/C20H18FN3O3/c1-26-13-6-3-11(4-7-13)19-18-14(10-17(25)22-20(18)24-23-19)12-5-8-15(21)16(9-12)27-2/h3-9,14H,10H2,1-2H3,(H2,22,23,24,25). The number of benzene rings is 2. The number of methoxy groups -OCH3 is 2. The third-order valence-electron chi connectivity index (χ3n) is 4.76. The van der Waals surface area contributed by atoms with E-state index in [-0.39, 0.29) is 24.0 Å². The van der Waals surface area contributed by atoms with Crippen molar-refractivity contribution in [2.45, 2.75) is 12.3 Å². The predicted molar refractivity (Wildman–Crippen MR) is 98.6 cm³/mol. The summed E-state index contributed by atoms with van der Waals surface area (Å²) in [7, 11) is 3.03. The van der Waals surface area contributed by atoms with Crippen LogP contribution in [0.15, 0.2) is 42.5 Å². The van der Waals surface area contributed by atoms with Crippen LogP contribution in [-0.2, 0) is 4.79 Å². The second-order valence-corrected chi connectivity index (χ2v) is 6.29. The van der Waals surface area contributed by atoms with Gasteiger partial charge in [-0.15, -0.1) is 0 Å². The summed E-state index contributed by atoms with van der Waals surface area (Å²) >= 11 is 0. The average Bonchev–Trinajstić information content (AvgIpc) is 3.11. The predicted octanol–water partition coefficient (Wildman–Crippen LogP) is 3.71. The van der Waals surface area contributed by atoms with Crippen LogP contribution in [0.25, 0.3) is 11.3 Å². The van der Waals surface area contributed by atoms with Crippen LogP contribution in [0.4, 0.5) is 10.2 Å². The number of H-pyrrole nitrogens is 1. The van der Waals surface area contributed by atoms with Gasteiger partial charge < -0.3 is 14.8 Å². The Morgan fingerprint density at radius 3 is 2.59 bits per heavy atom. The number of hydrogen-bond acceptors (Lipinski definition) is 4. The van der Waals surface area contributed by atoms with Crippen molar-refractivity contribution in [2.24, 2.45) is 0 Å². The van der Waals surface area contributed by atoms with E-state index in [2.05, 4.69) is 15.5 Å². The molecule has 0 bridgehead atoms. The first kappa shape index (κ1) is 17.1. The molecule has 1 atom stereocenters. The number of aromatic nitrogens is 2. The molecule has 1 unspecified atom stereocenters. The quantitative estimate of drug-likeness (QED) is 0.737. The van der Waals surface area contributed by atoms with Crippen molar-refractivity contribution in [1.82, 2.24) is 10.2 Å². The van der Waals surface area contributed by atoms with Crippen LogP contribution in [-0.4, -0.2) is 30.3 Å². The van der Waals surface area contributed by atoms with Gasteiger partial charge in [0.2, 0.25) is 5.91 Å². The van der Waals surface area contributed by atoms with Crippen LogP contribution in [0, 0.1) is 5.82 Å². The van der Waals surface area contributed by atoms with Crippen molar-refractivity contribution in [2.75, 3.05) is 19.5 Å². The Morgan fingerprint density at radius 2 is 1.89 bits per heavy atom. The molecule has 2 heterocycles. The number of aromatic amines is 1. The molecule has 7 heteroatoms. The van der Waals surface area contributed by atoms with Gasteiger partial charge in [-0.2, -0.15) is 5.10 Å². The lowest BCUT2D eigenvalue weighted by atomic mass is 9.84. The second-order valence-electron chi connectivity index (χ2n) is 6.29. The summed E-state index contributed by atoms with van der Waals surface area (Å²) in [4.78, 5) is 12.2. The first-order valence-corrected chi connectivity index (χ1v) is 8.46. The minimum Gasteiger partial charge on any atom is -0.497 e. The molecule has 27 heavy (non-hydrogen) atoms. The number of carbonyl (C=O) groups excluding carboxylic acids is 1. The van der Waals surface area contributed by atoms with Crippen molar-refractivity contribution < 1.29 is 18.7 Å². The van der Waals surface area contributed by atoms with E-state index >= 15 is 0 Å². The van der Waals surface area contributed by atoms with E-state index in [0.29, 0.717) is 5.82 Å². The van der Waals surface area contributed by atoms with Crippen LogP contribution >= 0.6 is 0 Å². The minimum atomic E-state index is -0.440. The first-order chi connectivity index (χ1) is 13.1. The maximum atomic E-state index is 13.8. The van der Waals surface area contributed by atoms with Crippen LogP contribution in [0.3, 0.4) is 0 Å². The smallest absolute Gasteiger partial charge is 0.226 e. The van der Waals surface area contributed by atoms with Gasteiger partial charge in [0.25, 0.3) is 0 Å². The van der Waals surface area contributed by atoms with Gasteiger partial charge in [-0.3, -0.25) is 9.89 Å². The van der Waals surface area contributed by atoms with E-state index in [0.717, 1.165) is 28.1 Å². The molecule has 4 rings (SSSR count). The Morgan fingerprint density at radius 1 is 1.11 bits per heavy atom. The van der Waals surface area contributed by atoms with E-state index < -0.39 is 5.82 Å². The van der Waals surface area contributed by atoms with Crippen LogP contribution < -0.4 is 14.8 Å². The second kappa shape index (κ2) is 6.75. The summed E-state index contributed by atoms with van der Waals surface area (Å²) in [6.07, 6.45) is 0.241. The number of anilines is 1. The van der Waals surface area contributed by atoms with Crippen molar-refractivity contribution in [3.8, 4) is 22.8 Å². The van der Waals surface area contributed by atoms with Gasteiger partial charge >= 0.3 is 0 Å². The van der Waals surface area contributed by atoms with Crippen molar-refractivity contribution in [1.29, 1.82) is 0 Å². The van der Waals surface area contributed by atoms with Crippen molar-refractivity contribution in [3.05, 3.63) is 59.4 Å². The zero-order valence-electron chi connectivity index (χ0n) is 14.9. The van der Waals surface area contributed by atoms with Gasteiger partial charge in [0.05, 0.1) is 19.9 Å². The molecule has 6 nitrogen and oxygen atoms in total. The third kappa shape index (κ3) is 3.01. The summed E-state index contributed by atoms with van der Waals surface area (Å²) in [5, 5.41) is 10.1. The van der Waals surface area contributed by atoms with E-state index in [1.165, 1.54) is 13.2 Å². The molecule has 3 aromatic rings. The molecule has 0 saturated heterocycles. The number of nitrogens with zero attached hydrogens (tertiary/aromatic N) is 1. The van der Waals surface area contributed by atoms with E-state index in [1.807, 2.05) is 24.3 Å². The number of fused-ring (bicyclic) bond motifs is 1. The molecule has 1 amide bonds. The highest BCUT2D eigenvalue weighted by Crippen LogP contribution is 2.42. The largest absolute Gasteiger partial charge is 0.497 e. The zero-order chi connectivity index (χ0) is 19.0. The zero-order valence-corrected chi connectivity index (χ0v) is 14.9. The highest BCUT2D eigenvalue weighted by atomic mass is 19.1. The Kier molecular flexibility index (Phi) is 4.27. The Hall–Kier alpha value is -3.35.